The van der Waals surface area contributed by atoms with Crippen LogP contribution in [-0.2, 0) is 4.79 Å². The van der Waals surface area contributed by atoms with Gasteiger partial charge in [-0.1, -0.05) is 40.2 Å². The van der Waals surface area contributed by atoms with Crippen LogP contribution in [0.3, 0.4) is 0 Å². The van der Waals surface area contributed by atoms with Crippen molar-refractivity contribution in [2.24, 2.45) is 5.10 Å². The number of nitrogens with one attached hydrogen (secondary N) is 1. The lowest BCUT2D eigenvalue weighted by atomic mass is 10.1. The topological polar surface area (TPSA) is 77.0 Å². The number of hydrogen-bond acceptors (Lipinski definition) is 5. The molecule has 164 valence electrons. The molecule has 0 fully saturated rings. The molecule has 0 aromatic heterocycles. The van der Waals surface area contributed by atoms with Crippen molar-refractivity contribution in [1.29, 1.82) is 0 Å². The number of nitrogens with zero attached hydrogens (tertiary/aromatic N) is 1. The van der Waals surface area contributed by atoms with Crippen molar-refractivity contribution < 1.29 is 19.1 Å². The molecule has 0 unspecified atom stereocenters. The fourth-order valence-corrected chi connectivity index (χ4v) is 4.01. The number of hydrogen-bond donors (Lipinski definition) is 1. The summed E-state index contributed by atoms with van der Waals surface area (Å²) in [6.45, 7) is 3.80. The molecule has 0 saturated carbocycles. The predicted molar refractivity (Wildman–Crippen MR) is 130 cm³/mol. The molecule has 0 aliphatic carbocycles. The zero-order chi connectivity index (χ0) is 23.1. The zero-order valence-corrected chi connectivity index (χ0v) is 20.6. The van der Waals surface area contributed by atoms with Crippen LogP contribution in [0.1, 0.15) is 27.0 Å². The molecule has 0 atom stereocenters. The molecule has 0 heterocycles. The third kappa shape index (κ3) is 6.51. The molecule has 3 rings (SSSR count). The summed E-state index contributed by atoms with van der Waals surface area (Å²) in [6, 6.07) is 17.7. The Morgan fingerprint density at radius 1 is 1.00 bits per heavy atom. The van der Waals surface area contributed by atoms with Crippen LogP contribution in [0.15, 0.2) is 74.7 Å². The van der Waals surface area contributed by atoms with Gasteiger partial charge in [0.2, 0.25) is 0 Å². The van der Waals surface area contributed by atoms with E-state index < -0.39 is 11.9 Å². The van der Waals surface area contributed by atoms with Gasteiger partial charge in [0.05, 0.1) is 16.3 Å². The van der Waals surface area contributed by atoms with Gasteiger partial charge >= 0.3 is 5.97 Å². The third-order valence-corrected chi connectivity index (χ3v) is 5.53. The summed E-state index contributed by atoms with van der Waals surface area (Å²) >= 11 is 6.81. The van der Waals surface area contributed by atoms with E-state index in [1.807, 2.05) is 38.1 Å². The molecule has 0 saturated heterocycles. The maximum Gasteiger partial charge on any atom is 0.343 e. The standard InChI is InChI=1S/C24H20Br2N2O4/c1-15-8-9-20(10-16(15)2)31-14-22(29)28-27-13-18-11-19(25)12-21(26)23(18)32-24(30)17-6-4-3-5-7-17/h3-13H,14H2,1-2H3,(H,28,29)/b27-13+. The van der Waals surface area contributed by atoms with E-state index in [2.05, 4.69) is 42.4 Å². The van der Waals surface area contributed by atoms with Crippen LogP contribution < -0.4 is 14.9 Å². The van der Waals surface area contributed by atoms with Crippen molar-refractivity contribution in [2.75, 3.05) is 6.61 Å². The molecular weight excluding hydrogens is 540 g/mol. The minimum absolute atomic E-state index is 0.183. The summed E-state index contributed by atoms with van der Waals surface area (Å²) in [4.78, 5) is 24.6. The van der Waals surface area contributed by atoms with Gasteiger partial charge in [-0.2, -0.15) is 5.10 Å². The average molecular weight is 560 g/mol. The zero-order valence-electron chi connectivity index (χ0n) is 17.4. The first-order valence-electron chi connectivity index (χ1n) is 9.61. The van der Waals surface area contributed by atoms with Crippen LogP contribution in [0.25, 0.3) is 0 Å². The van der Waals surface area contributed by atoms with Crippen LogP contribution in [0, 0.1) is 13.8 Å². The molecule has 0 aliphatic heterocycles. The molecular formula is C24H20Br2N2O4. The molecule has 0 bridgehead atoms. The molecule has 32 heavy (non-hydrogen) atoms. The van der Waals surface area contributed by atoms with Crippen molar-refractivity contribution in [1.82, 2.24) is 5.43 Å². The molecule has 0 radical (unpaired) electrons. The minimum Gasteiger partial charge on any atom is -0.484 e. The Morgan fingerprint density at radius 3 is 2.47 bits per heavy atom. The molecule has 1 N–H and O–H groups in total. The van der Waals surface area contributed by atoms with Gasteiger partial charge in [-0.3, -0.25) is 4.79 Å². The first-order valence-corrected chi connectivity index (χ1v) is 11.2. The van der Waals surface area contributed by atoms with Crippen molar-refractivity contribution in [3.8, 4) is 11.5 Å². The Balaban J connectivity index is 1.66. The minimum atomic E-state index is -0.505. The second kappa shape index (κ2) is 11.1. The van der Waals surface area contributed by atoms with E-state index in [9.17, 15) is 9.59 Å². The molecule has 6 nitrogen and oxygen atoms in total. The maximum atomic E-state index is 12.5. The van der Waals surface area contributed by atoms with Gasteiger partial charge in [0.1, 0.15) is 5.75 Å². The van der Waals surface area contributed by atoms with Crippen molar-refractivity contribution >= 4 is 50.0 Å². The number of carbonyl (C=O) groups is 2. The van der Waals surface area contributed by atoms with Crippen LogP contribution >= 0.6 is 31.9 Å². The fourth-order valence-electron chi connectivity index (χ4n) is 2.67. The van der Waals surface area contributed by atoms with E-state index in [1.165, 1.54) is 6.21 Å². The van der Waals surface area contributed by atoms with Gasteiger partial charge < -0.3 is 9.47 Å². The molecule has 3 aromatic rings. The first-order chi connectivity index (χ1) is 15.3. The molecule has 8 heteroatoms. The molecule has 3 aromatic carbocycles. The third-order valence-electron chi connectivity index (χ3n) is 4.48. The second-order valence-corrected chi connectivity index (χ2v) is 8.66. The van der Waals surface area contributed by atoms with E-state index in [1.54, 1.807) is 36.4 Å². The van der Waals surface area contributed by atoms with E-state index >= 15 is 0 Å². The van der Waals surface area contributed by atoms with Gasteiger partial charge in [-0.15, -0.1) is 0 Å². The van der Waals surface area contributed by atoms with Gasteiger partial charge in [0.25, 0.3) is 5.91 Å². The lowest BCUT2D eigenvalue weighted by molar-refractivity contribution is -0.123. The van der Waals surface area contributed by atoms with Gasteiger partial charge in [0.15, 0.2) is 12.4 Å². The highest BCUT2D eigenvalue weighted by Gasteiger charge is 2.15. The summed E-state index contributed by atoms with van der Waals surface area (Å²) in [6.07, 6.45) is 1.40. The lowest BCUT2D eigenvalue weighted by Crippen LogP contribution is -2.24. The van der Waals surface area contributed by atoms with Crippen LogP contribution in [0.4, 0.5) is 0 Å². The Morgan fingerprint density at radius 2 is 1.75 bits per heavy atom. The Kier molecular flexibility index (Phi) is 8.19. The summed E-state index contributed by atoms with van der Waals surface area (Å²) in [5.74, 6) is -0.0323. The largest absolute Gasteiger partial charge is 0.484 e. The first kappa shape index (κ1) is 23.7. The van der Waals surface area contributed by atoms with Gasteiger partial charge in [-0.05, 0) is 77.3 Å². The molecule has 0 aliphatic rings. The number of hydrazone groups is 1. The normalized spacial score (nSPS) is 10.8. The number of benzene rings is 3. The number of halogens is 2. The predicted octanol–water partition coefficient (Wildman–Crippen LogP) is 5.58. The Bertz CT molecular complexity index is 1160. The SMILES string of the molecule is Cc1ccc(OCC(=O)N/N=C/c2cc(Br)cc(Br)c2OC(=O)c2ccccc2)cc1C. The quantitative estimate of drug-likeness (QED) is 0.177. The molecule has 1 amide bonds. The number of esters is 1. The Labute approximate surface area is 202 Å². The number of carbonyl (C=O) groups excluding carboxylic acids is 2. The van der Waals surface area contributed by atoms with Crippen LogP contribution in [-0.4, -0.2) is 24.7 Å². The number of aryl methyl sites for hydroxylation is 2. The summed E-state index contributed by atoms with van der Waals surface area (Å²) in [5, 5.41) is 3.97. The summed E-state index contributed by atoms with van der Waals surface area (Å²) in [7, 11) is 0. The van der Waals surface area contributed by atoms with Crippen molar-refractivity contribution in [2.45, 2.75) is 13.8 Å². The highest BCUT2D eigenvalue weighted by atomic mass is 79.9. The lowest BCUT2D eigenvalue weighted by Gasteiger charge is -2.10. The van der Waals surface area contributed by atoms with Crippen molar-refractivity contribution in [3.63, 3.8) is 0 Å². The average Bonchev–Trinajstić information content (AvgIpc) is 2.77. The van der Waals surface area contributed by atoms with Crippen LogP contribution in [0.2, 0.25) is 0 Å². The van der Waals surface area contributed by atoms with Gasteiger partial charge in [0, 0.05) is 10.0 Å². The van der Waals surface area contributed by atoms with E-state index in [4.69, 9.17) is 9.47 Å². The number of rotatable bonds is 7. The monoisotopic (exact) mass is 558 g/mol. The maximum absolute atomic E-state index is 12.5. The van der Waals surface area contributed by atoms with Crippen LogP contribution in [0.5, 0.6) is 11.5 Å². The smallest absolute Gasteiger partial charge is 0.343 e. The second-order valence-electron chi connectivity index (χ2n) is 6.89. The summed E-state index contributed by atoms with van der Waals surface area (Å²) < 4.78 is 12.4. The molecule has 0 spiro atoms. The van der Waals surface area contributed by atoms with Gasteiger partial charge in [-0.25, -0.2) is 10.2 Å². The summed E-state index contributed by atoms with van der Waals surface area (Å²) in [5.41, 5.74) is 5.55. The number of amides is 1. The highest BCUT2D eigenvalue weighted by Crippen LogP contribution is 2.32. The Hall–Kier alpha value is -2.97. The fraction of sp³-hybridized carbons (Fsp3) is 0.125. The number of ether oxygens (including phenoxy) is 2. The highest BCUT2D eigenvalue weighted by molar-refractivity contribution is 9.11. The van der Waals surface area contributed by atoms with E-state index in [-0.39, 0.29) is 12.4 Å². The van der Waals surface area contributed by atoms with E-state index in [0.717, 1.165) is 15.6 Å². The van der Waals surface area contributed by atoms with Crippen molar-refractivity contribution in [3.05, 3.63) is 91.9 Å². The van der Waals surface area contributed by atoms with E-state index in [0.29, 0.717) is 21.3 Å².